The minimum absolute atomic E-state index is 0.0956. The summed E-state index contributed by atoms with van der Waals surface area (Å²) in [6.07, 6.45) is 1.84. The summed E-state index contributed by atoms with van der Waals surface area (Å²) < 4.78 is 11.4. The Hall–Kier alpha value is -2.94. The average Bonchev–Trinajstić information content (AvgIpc) is 3.37. The Morgan fingerprint density at radius 2 is 1.79 bits per heavy atom. The van der Waals surface area contributed by atoms with Gasteiger partial charge in [0.15, 0.2) is 11.5 Å². The van der Waals surface area contributed by atoms with Crippen LogP contribution in [0.15, 0.2) is 60.1 Å². The maximum absolute atomic E-state index is 13.5. The number of rotatable bonds is 7. The first-order valence-corrected chi connectivity index (χ1v) is 12.2. The number of pyridine rings is 1. The lowest BCUT2D eigenvalue weighted by molar-refractivity contribution is -0.120. The number of aromatic nitrogens is 1. The van der Waals surface area contributed by atoms with E-state index in [2.05, 4.69) is 26.9 Å². The molecule has 5 rings (SSSR count). The molecule has 1 fully saturated rings. The molecule has 0 saturated carbocycles. The molecule has 1 aromatic carbocycles. The van der Waals surface area contributed by atoms with E-state index in [1.807, 2.05) is 52.9 Å². The van der Waals surface area contributed by atoms with Crippen molar-refractivity contribution < 1.29 is 14.3 Å². The van der Waals surface area contributed by atoms with Crippen LogP contribution in [-0.2, 0) is 17.9 Å². The van der Waals surface area contributed by atoms with E-state index in [0.717, 1.165) is 54.7 Å². The van der Waals surface area contributed by atoms with Gasteiger partial charge in [0.1, 0.15) is 13.2 Å². The van der Waals surface area contributed by atoms with E-state index in [1.54, 1.807) is 11.3 Å². The van der Waals surface area contributed by atoms with Crippen molar-refractivity contribution in [2.45, 2.75) is 13.1 Å². The van der Waals surface area contributed by atoms with Crippen molar-refractivity contribution in [3.63, 3.8) is 0 Å². The number of benzene rings is 1. The monoisotopic (exact) mass is 464 g/mol. The van der Waals surface area contributed by atoms with Crippen molar-refractivity contribution in [1.29, 1.82) is 0 Å². The lowest BCUT2D eigenvalue weighted by Gasteiger charge is -2.35. The second-order valence-corrected chi connectivity index (χ2v) is 9.29. The van der Waals surface area contributed by atoms with Crippen LogP contribution in [0.2, 0.25) is 0 Å². The number of hydrogen-bond donors (Lipinski definition) is 0. The maximum Gasteiger partial charge on any atom is 0.241 e. The van der Waals surface area contributed by atoms with Gasteiger partial charge in [-0.2, -0.15) is 0 Å². The predicted octanol–water partition coefficient (Wildman–Crippen LogP) is 3.27. The van der Waals surface area contributed by atoms with Gasteiger partial charge in [0.25, 0.3) is 0 Å². The van der Waals surface area contributed by atoms with Gasteiger partial charge in [-0.3, -0.25) is 19.6 Å². The Bertz CT molecular complexity index is 1050. The number of ether oxygens (including phenoxy) is 2. The second-order valence-electron chi connectivity index (χ2n) is 8.26. The summed E-state index contributed by atoms with van der Waals surface area (Å²) in [7, 11) is 0. The molecular formula is C25H28N4O3S. The molecule has 2 aromatic heterocycles. The van der Waals surface area contributed by atoms with Crippen molar-refractivity contribution in [2.75, 3.05) is 50.8 Å². The number of carbonyl (C=O) groups excluding carboxylic acids is 1. The fourth-order valence-electron chi connectivity index (χ4n) is 4.18. The van der Waals surface area contributed by atoms with Crippen LogP contribution in [0.3, 0.4) is 0 Å². The molecule has 8 heteroatoms. The Labute approximate surface area is 198 Å². The first kappa shape index (κ1) is 21.9. The van der Waals surface area contributed by atoms with Crippen LogP contribution in [0.4, 0.5) is 5.69 Å². The molecule has 0 radical (unpaired) electrons. The molecule has 1 saturated heterocycles. The van der Waals surface area contributed by atoms with Gasteiger partial charge in [0.2, 0.25) is 5.91 Å². The number of carbonyl (C=O) groups is 1. The number of anilines is 1. The standard InChI is InChI=1S/C25H28N4O3S/c30-25(19-28-11-9-27(10-12-28)17-20-4-1-2-8-26-20)29(18-22-5-3-15-33-22)21-6-7-23-24(16-21)32-14-13-31-23/h1-8,15-16H,9-14,17-19H2. The first-order valence-electron chi connectivity index (χ1n) is 11.3. The smallest absolute Gasteiger partial charge is 0.241 e. The maximum atomic E-state index is 13.5. The van der Waals surface area contributed by atoms with E-state index >= 15 is 0 Å². The van der Waals surface area contributed by atoms with E-state index in [9.17, 15) is 4.79 Å². The van der Waals surface area contributed by atoms with Gasteiger partial charge in [0, 0.05) is 55.6 Å². The molecule has 0 bridgehead atoms. The van der Waals surface area contributed by atoms with Crippen LogP contribution in [0.1, 0.15) is 10.6 Å². The van der Waals surface area contributed by atoms with E-state index in [0.29, 0.717) is 32.1 Å². The molecule has 2 aliphatic heterocycles. The number of piperazine rings is 1. The van der Waals surface area contributed by atoms with Crippen LogP contribution in [0.25, 0.3) is 0 Å². The number of amides is 1. The SMILES string of the molecule is O=C(CN1CCN(Cc2ccccn2)CC1)N(Cc1cccs1)c1ccc2c(c1)OCCO2. The van der Waals surface area contributed by atoms with E-state index < -0.39 is 0 Å². The fraction of sp³-hybridized carbons (Fsp3) is 0.360. The van der Waals surface area contributed by atoms with Crippen LogP contribution in [0, 0.1) is 0 Å². The lowest BCUT2D eigenvalue weighted by atomic mass is 10.2. The zero-order valence-corrected chi connectivity index (χ0v) is 19.4. The topological polar surface area (TPSA) is 58.1 Å². The number of nitrogens with zero attached hydrogens (tertiary/aromatic N) is 4. The lowest BCUT2D eigenvalue weighted by Crippen LogP contribution is -2.49. The summed E-state index contributed by atoms with van der Waals surface area (Å²) in [5.74, 6) is 1.53. The van der Waals surface area contributed by atoms with Gasteiger partial charge in [-0.05, 0) is 35.7 Å². The minimum Gasteiger partial charge on any atom is -0.486 e. The highest BCUT2D eigenvalue weighted by atomic mass is 32.1. The summed E-state index contributed by atoms with van der Waals surface area (Å²) in [4.78, 5) is 25.6. The average molecular weight is 465 g/mol. The summed E-state index contributed by atoms with van der Waals surface area (Å²) >= 11 is 1.66. The predicted molar refractivity (Wildman–Crippen MR) is 129 cm³/mol. The van der Waals surface area contributed by atoms with Crippen molar-refractivity contribution in [3.8, 4) is 11.5 Å². The summed E-state index contributed by atoms with van der Waals surface area (Å²) in [6.45, 7) is 6.47. The molecule has 0 spiro atoms. The van der Waals surface area contributed by atoms with Gasteiger partial charge in [-0.1, -0.05) is 12.1 Å². The zero-order valence-electron chi connectivity index (χ0n) is 18.6. The Morgan fingerprint density at radius 1 is 0.970 bits per heavy atom. The molecule has 7 nitrogen and oxygen atoms in total. The third-order valence-electron chi connectivity index (χ3n) is 5.97. The van der Waals surface area contributed by atoms with Gasteiger partial charge < -0.3 is 14.4 Å². The Kier molecular flexibility index (Phi) is 6.85. The molecule has 4 heterocycles. The molecule has 0 unspecified atom stereocenters. The van der Waals surface area contributed by atoms with Gasteiger partial charge >= 0.3 is 0 Å². The molecule has 0 N–H and O–H groups in total. The van der Waals surface area contributed by atoms with Crippen molar-refractivity contribution in [3.05, 3.63) is 70.7 Å². The minimum atomic E-state index is 0.0956. The number of hydrogen-bond acceptors (Lipinski definition) is 7. The molecule has 1 amide bonds. The quantitative estimate of drug-likeness (QED) is 0.535. The second kappa shape index (κ2) is 10.3. The third kappa shape index (κ3) is 5.52. The first-order chi connectivity index (χ1) is 16.2. The molecule has 0 atom stereocenters. The third-order valence-corrected chi connectivity index (χ3v) is 6.83. The molecule has 3 aromatic rings. The summed E-state index contributed by atoms with van der Waals surface area (Å²) in [5.41, 5.74) is 1.93. The van der Waals surface area contributed by atoms with Gasteiger partial charge in [-0.15, -0.1) is 11.3 Å². The summed E-state index contributed by atoms with van der Waals surface area (Å²) in [5, 5.41) is 2.04. The molecule has 0 aliphatic carbocycles. The van der Waals surface area contributed by atoms with E-state index in [-0.39, 0.29) is 5.91 Å². The Morgan fingerprint density at radius 3 is 2.55 bits per heavy atom. The molecular weight excluding hydrogens is 436 g/mol. The zero-order chi connectivity index (χ0) is 22.5. The van der Waals surface area contributed by atoms with Crippen LogP contribution in [0.5, 0.6) is 11.5 Å². The molecule has 2 aliphatic rings. The number of thiophene rings is 1. The van der Waals surface area contributed by atoms with Gasteiger partial charge in [-0.25, -0.2) is 0 Å². The van der Waals surface area contributed by atoms with Crippen LogP contribution >= 0.6 is 11.3 Å². The highest BCUT2D eigenvalue weighted by Gasteiger charge is 2.24. The molecule has 33 heavy (non-hydrogen) atoms. The highest BCUT2D eigenvalue weighted by Crippen LogP contribution is 2.34. The van der Waals surface area contributed by atoms with Crippen molar-refractivity contribution in [1.82, 2.24) is 14.8 Å². The number of fused-ring (bicyclic) bond motifs is 1. The van der Waals surface area contributed by atoms with E-state index in [1.165, 1.54) is 0 Å². The summed E-state index contributed by atoms with van der Waals surface area (Å²) in [6, 6.07) is 15.9. The van der Waals surface area contributed by atoms with Gasteiger partial charge in [0.05, 0.1) is 18.8 Å². The largest absolute Gasteiger partial charge is 0.486 e. The van der Waals surface area contributed by atoms with Crippen molar-refractivity contribution in [2.24, 2.45) is 0 Å². The Balaban J connectivity index is 1.24. The highest BCUT2D eigenvalue weighted by molar-refractivity contribution is 7.09. The van der Waals surface area contributed by atoms with Crippen LogP contribution in [-0.4, -0.2) is 66.6 Å². The van der Waals surface area contributed by atoms with Crippen molar-refractivity contribution >= 4 is 22.9 Å². The van der Waals surface area contributed by atoms with E-state index in [4.69, 9.17) is 9.47 Å². The fourth-order valence-corrected chi connectivity index (χ4v) is 4.88. The normalized spacial score (nSPS) is 16.5. The molecule has 172 valence electrons. The van der Waals surface area contributed by atoms with Crippen LogP contribution < -0.4 is 14.4 Å².